The van der Waals surface area contributed by atoms with E-state index in [1.54, 1.807) is 0 Å². The molecule has 0 aromatic rings. The molecule has 0 saturated heterocycles. The Labute approximate surface area is 64.8 Å². The topological polar surface area (TPSA) is 189 Å². The maximum absolute atomic E-state index is 8.51. The van der Waals surface area contributed by atoms with E-state index in [2.05, 4.69) is 22.9 Å². The van der Waals surface area contributed by atoms with Crippen molar-refractivity contribution < 1.29 is 9.46 Å². The molecule has 0 aromatic carbocycles. The van der Waals surface area contributed by atoms with Gasteiger partial charge < -0.3 is 22.9 Å². The van der Waals surface area contributed by atoms with Crippen molar-refractivity contribution in [2.45, 2.75) is 0 Å². The fraction of sp³-hybridized carbons (Fsp3) is 0. The third-order valence-corrected chi connectivity index (χ3v) is 0. The van der Waals surface area contributed by atoms with Gasteiger partial charge in [0.25, 0.3) is 0 Å². The van der Waals surface area contributed by atoms with Crippen molar-refractivity contribution in [2.24, 2.45) is 22.9 Å². The van der Waals surface area contributed by atoms with Gasteiger partial charge in [-0.3, -0.25) is 10.8 Å². The van der Waals surface area contributed by atoms with E-state index in [4.69, 9.17) is 20.3 Å². The highest BCUT2D eigenvalue weighted by Crippen LogP contribution is 1.66. The van der Waals surface area contributed by atoms with Gasteiger partial charge in [0.1, 0.15) is 0 Å². The molecule has 8 nitrogen and oxygen atoms in total. The first-order valence-electron chi connectivity index (χ1n) is 2.08. The van der Waals surface area contributed by atoms with E-state index in [0.717, 1.165) is 0 Å². The molecule has 11 heavy (non-hydrogen) atoms. The van der Waals surface area contributed by atoms with Gasteiger partial charge in [-0.05, 0) is 4.57 Å². The van der Waals surface area contributed by atoms with Gasteiger partial charge in [0.2, 0.25) is 0 Å². The molecule has 0 aliphatic rings. The van der Waals surface area contributed by atoms with Crippen LogP contribution in [0.25, 0.3) is 0 Å². The van der Waals surface area contributed by atoms with Crippen LogP contribution in [-0.4, -0.2) is 16.8 Å². The number of hydrogen-bond acceptors (Lipinski definition) is 3. The Morgan fingerprint density at radius 3 is 1.09 bits per heavy atom. The van der Waals surface area contributed by atoms with Gasteiger partial charge >= 0.3 is 8.69 Å². The van der Waals surface area contributed by atoms with Crippen LogP contribution in [-0.2, 0) is 4.57 Å². The number of nitrogens with two attached hydrogens (primary N) is 4. The second kappa shape index (κ2) is 15.8. The van der Waals surface area contributed by atoms with Crippen molar-refractivity contribution in [3.8, 4) is 0 Å². The number of hydrogen-bond donors (Lipinski definition) is 7. The molecule has 0 heterocycles. The van der Waals surface area contributed by atoms with Gasteiger partial charge in [0.05, 0.1) is 0 Å². The average molecular weight is 183 g/mol. The Morgan fingerprint density at radius 2 is 1.09 bits per heavy atom. The zero-order valence-corrected chi connectivity index (χ0v) is 6.66. The summed E-state index contributed by atoms with van der Waals surface area (Å²) in [4.78, 5) is 7.04. The highest BCUT2D eigenvalue weighted by molar-refractivity contribution is 7.16. The molecular formula is C2H12N6O2P+. The van der Waals surface area contributed by atoms with E-state index in [1.807, 2.05) is 0 Å². The van der Waals surface area contributed by atoms with Gasteiger partial charge in [-0.15, -0.1) is 0 Å². The molecule has 9 heteroatoms. The maximum atomic E-state index is 8.51. The molecule has 1 atom stereocenters. The zero-order valence-electron chi connectivity index (χ0n) is 5.66. The van der Waals surface area contributed by atoms with Gasteiger partial charge in [-0.1, -0.05) is 0 Å². The minimum atomic E-state index is -1.17. The molecule has 0 rings (SSSR count). The SMILES string of the molecule is N=C(N)N.N=C(N)N.O=[PH+]O. The fourth-order valence-electron chi connectivity index (χ4n) is 0. The van der Waals surface area contributed by atoms with Crippen LogP contribution >= 0.6 is 8.69 Å². The van der Waals surface area contributed by atoms with Crippen LogP contribution < -0.4 is 22.9 Å². The summed E-state index contributed by atoms with van der Waals surface area (Å²) in [7, 11) is -1.17. The molecule has 11 N–H and O–H groups in total. The van der Waals surface area contributed by atoms with E-state index in [-0.39, 0.29) is 11.9 Å². The Bertz CT molecular complexity index is 106. The molecule has 0 bridgehead atoms. The van der Waals surface area contributed by atoms with Crippen molar-refractivity contribution in [1.29, 1.82) is 10.8 Å². The van der Waals surface area contributed by atoms with Crippen LogP contribution in [0.4, 0.5) is 0 Å². The summed E-state index contributed by atoms with van der Waals surface area (Å²) >= 11 is 0. The minimum Gasteiger partial charge on any atom is -0.370 e. The second-order valence-corrected chi connectivity index (χ2v) is 1.18. The maximum Gasteiger partial charge on any atom is 0.491 e. The number of rotatable bonds is 0. The fourth-order valence-corrected chi connectivity index (χ4v) is 0. The molecule has 0 amide bonds. The first kappa shape index (κ1) is 16.3. The lowest BCUT2D eigenvalue weighted by atomic mass is 11.1. The van der Waals surface area contributed by atoms with Crippen molar-refractivity contribution in [3.63, 3.8) is 0 Å². The van der Waals surface area contributed by atoms with E-state index < -0.39 is 8.69 Å². The first-order chi connectivity index (χ1) is 4.88. The van der Waals surface area contributed by atoms with Crippen LogP contribution in [0.1, 0.15) is 0 Å². The predicted molar refractivity (Wildman–Crippen MR) is 43.4 cm³/mol. The van der Waals surface area contributed by atoms with Crippen LogP contribution in [0.5, 0.6) is 0 Å². The average Bonchev–Trinajstić information content (AvgIpc) is 1.60. The van der Waals surface area contributed by atoms with Crippen LogP contribution in [0.15, 0.2) is 0 Å². The Morgan fingerprint density at radius 1 is 1.09 bits per heavy atom. The van der Waals surface area contributed by atoms with Gasteiger partial charge in [0.15, 0.2) is 11.9 Å². The summed E-state index contributed by atoms with van der Waals surface area (Å²) < 4.78 is 8.51. The van der Waals surface area contributed by atoms with Crippen molar-refractivity contribution in [1.82, 2.24) is 0 Å². The van der Waals surface area contributed by atoms with Crippen LogP contribution in [0.2, 0.25) is 0 Å². The van der Waals surface area contributed by atoms with E-state index in [0.29, 0.717) is 0 Å². The highest BCUT2D eigenvalue weighted by Gasteiger charge is 1.52. The van der Waals surface area contributed by atoms with E-state index in [1.165, 1.54) is 0 Å². The predicted octanol–water partition coefficient (Wildman–Crippen LogP) is -2.41. The lowest BCUT2D eigenvalue weighted by Gasteiger charge is -1.69. The molecule has 0 aliphatic heterocycles. The van der Waals surface area contributed by atoms with E-state index in [9.17, 15) is 0 Å². The summed E-state index contributed by atoms with van der Waals surface area (Å²) in [5.74, 6) is -0.667. The summed E-state index contributed by atoms with van der Waals surface area (Å²) in [6.45, 7) is 0. The third kappa shape index (κ3) is 191. The molecule has 66 valence electrons. The normalized spacial score (nSPS) is 6.27. The van der Waals surface area contributed by atoms with Crippen LogP contribution in [0, 0.1) is 10.8 Å². The molecular weight excluding hydrogens is 171 g/mol. The number of nitrogens with one attached hydrogen (secondary N) is 2. The smallest absolute Gasteiger partial charge is 0.370 e. The molecule has 1 unspecified atom stereocenters. The summed E-state index contributed by atoms with van der Waals surface area (Å²) in [5, 5.41) is 12.1. The van der Waals surface area contributed by atoms with Crippen molar-refractivity contribution in [3.05, 3.63) is 0 Å². The Kier molecular flexibility index (Phi) is 23.5. The molecule has 0 aromatic heterocycles. The number of guanidine groups is 2. The summed E-state index contributed by atoms with van der Waals surface area (Å²) in [6.07, 6.45) is 0. The highest BCUT2D eigenvalue weighted by atomic mass is 31.1. The van der Waals surface area contributed by atoms with Crippen molar-refractivity contribution >= 4 is 20.6 Å². The standard InChI is InChI=1S/2CH5N3.HO2P/c2*2-1(3)4;1-3-2/h2*(H5,2,3,4);3H/p+1. The summed E-state index contributed by atoms with van der Waals surface area (Å²) in [6, 6.07) is 0. The Balaban J connectivity index is -0.0000000886. The van der Waals surface area contributed by atoms with Gasteiger partial charge in [0, 0.05) is 0 Å². The lowest BCUT2D eigenvalue weighted by molar-refractivity contribution is 0.524. The lowest BCUT2D eigenvalue weighted by Crippen LogP contribution is -2.20. The zero-order chi connectivity index (χ0) is 9.86. The Hall–Kier alpha value is -1.40. The van der Waals surface area contributed by atoms with E-state index >= 15 is 0 Å². The first-order valence-corrected chi connectivity index (χ1v) is 2.94. The van der Waals surface area contributed by atoms with Crippen LogP contribution in [0.3, 0.4) is 0 Å². The minimum absolute atomic E-state index is 0.333. The monoisotopic (exact) mass is 183 g/mol. The largest absolute Gasteiger partial charge is 0.491 e. The van der Waals surface area contributed by atoms with Gasteiger partial charge in [-0.25, -0.2) is 0 Å². The second-order valence-electron chi connectivity index (χ2n) is 1.00. The third-order valence-electron chi connectivity index (χ3n) is 0. The molecule has 0 fully saturated rings. The molecule has 0 aliphatic carbocycles. The summed E-state index contributed by atoms with van der Waals surface area (Å²) in [5.41, 5.74) is 17.9. The molecule has 0 saturated carbocycles. The van der Waals surface area contributed by atoms with Gasteiger partial charge in [-0.2, -0.15) is 4.89 Å². The quantitative estimate of drug-likeness (QED) is 0.124. The van der Waals surface area contributed by atoms with Crippen molar-refractivity contribution in [2.75, 3.05) is 0 Å². The molecule has 0 spiro atoms. The molecule has 0 radical (unpaired) electrons.